The normalized spacial score (nSPS) is 10.7. The zero-order valence-electron chi connectivity index (χ0n) is 14.3. The number of rotatable bonds is 3. The second-order valence-electron chi connectivity index (χ2n) is 5.88. The van der Waals surface area contributed by atoms with Gasteiger partial charge in [0.25, 0.3) is 5.56 Å². The van der Waals surface area contributed by atoms with Crippen LogP contribution in [0.25, 0.3) is 22.7 Å². The molecule has 0 fully saturated rings. The molecule has 4 aromatic rings. The fourth-order valence-electron chi connectivity index (χ4n) is 2.98. The summed E-state index contributed by atoms with van der Waals surface area (Å²) in [5.41, 5.74) is 0.787. The third-order valence-corrected chi connectivity index (χ3v) is 4.15. The summed E-state index contributed by atoms with van der Waals surface area (Å²) in [4.78, 5) is 28.9. The van der Waals surface area contributed by atoms with Crippen LogP contribution >= 0.6 is 0 Å². The van der Waals surface area contributed by atoms with Crippen molar-refractivity contribution in [2.24, 2.45) is 0 Å². The lowest BCUT2D eigenvalue weighted by atomic mass is 10.1. The number of fused-ring (bicyclic) bond motifs is 1. The van der Waals surface area contributed by atoms with Crippen molar-refractivity contribution >= 4 is 11.6 Å². The average molecular weight is 355 g/mol. The van der Waals surface area contributed by atoms with Crippen molar-refractivity contribution in [1.29, 1.82) is 5.26 Å². The molecule has 2 aromatic heterocycles. The highest BCUT2D eigenvalue weighted by atomic mass is 16.1. The number of nitriles is 1. The second-order valence-corrected chi connectivity index (χ2v) is 5.88. The molecule has 0 aliphatic heterocycles. The lowest BCUT2D eigenvalue weighted by Gasteiger charge is -2.08. The molecule has 0 atom stereocenters. The molecule has 27 heavy (non-hydrogen) atoms. The average Bonchev–Trinajstić information content (AvgIpc) is 3.07. The molecule has 0 saturated heterocycles. The van der Waals surface area contributed by atoms with Crippen LogP contribution in [0.1, 0.15) is 23.1 Å². The summed E-state index contributed by atoms with van der Waals surface area (Å²) < 4.78 is 2.91. The van der Waals surface area contributed by atoms with Gasteiger partial charge in [-0.15, -0.1) is 5.10 Å². The maximum absolute atomic E-state index is 12.5. The number of para-hydroxylation sites is 1. The first-order chi connectivity index (χ1) is 13.1. The number of hydrogen-bond donors (Lipinski definition) is 0. The van der Waals surface area contributed by atoms with E-state index in [1.807, 2.05) is 30.3 Å². The van der Waals surface area contributed by atoms with Crippen molar-refractivity contribution in [2.45, 2.75) is 6.92 Å². The molecule has 0 aliphatic rings. The smallest absolute Gasteiger partial charge is 0.291 e. The van der Waals surface area contributed by atoms with Gasteiger partial charge in [0.05, 0.1) is 11.4 Å². The first kappa shape index (κ1) is 16.4. The molecule has 2 heterocycles. The lowest BCUT2D eigenvalue weighted by Crippen LogP contribution is -2.18. The number of Topliss-reactive ketones (excluding diaryl/α,β-unsaturated/α-hetero) is 1. The molecule has 0 saturated carbocycles. The molecule has 7 nitrogen and oxygen atoms in total. The second kappa shape index (κ2) is 6.35. The minimum Gasteiger partial charge on any atom is -0.291 e. The van der Waals surface area contributed by atoms with Crippen molar-refractivity contribution < 1.29 is 4.79 Å². The van der Waals surface area contributed by atoms with Crippen LogP contribution in [-0.4, -0.2) is 24.9 Å². The summed E-state index contributed by atoms with van der Waals surface area (Å²) in [5, 5.41) is 13.9. The highest BCUT2D eigenvalue weighted by Crippen LogP contribution is 2.24. The Morgan fingerprint density at radius 3 is 2.26 bits per heavy atom. The predicted molar refractivity (Wildman–Crippen MR) is 98.7 cm³/mol. The monoisotopic (exact) mass is 355 g/mol. The molecule has 7 heteroatoms. The summed E-state index contributed by atoms with van der Waals surface area (Å²) in [5.74, 6) is -0.0350. The maximum Gasteiger partial charge on any atom is 0.293 e. The summed E-state index contributed by atoms with van der Waals surface area (Å²) in [6, 6.07) is 20.0. The number of hydrogen-bond acceptors (Lipinski definition) is 5. The van der Waals surface area contributed by atoms with Gasteiger partial charge in [0.15, 0.2) is 5.78 Å². The van der Waals surface area contributed by atoms with Crippen molar-refractivity contribution in [3.63, 3.8) is 0 Å². The largest absolute Gasteiger partial charge is 0.293 e. The van der Waals surface area contributed by atoms with E-state index in [9.17, 15) is 14.9 Å². The van der Waals surface area contributed by atoms with E-state index >= 15 is 0 Å². The Bertz CT molecular complexity index is 1270. The molecular weight excluding hydrogens is 342 g/mol. The number of ketones is 1. The number of benzene rings is 2. The Kier molecular flexibility index (Phi) is 3.86. The van der Waals surface area contributed by atoms with Crippen LogP contribution in [0.3, 0.4) is 0 Å². The van der Waals surface area contributed by atoms with Crippen LogP contribution in [0.2, 0.25) is 0 Å². The number of nitrogens with zero attached hydrogens (tertiary/aromatic N) is 5. The van der Waals surface area contributed by atoms with E-state index in [1.165, 1.54) is 16.0 Å². The van der Waals surface area contributed by atoms with Gasteiger partial charge in [0, 0.05) is 12.5 Å². The molecule has 0 unspecified atom stereocenters. The standard InChI is InChI=1S/C20H13N5O2/c1-13(26)18-23-25(15-10-6-3-7-11-15)20-22-19(27)16(12-21)17(24(18)20)14-8-4-2-5-9-14/h2-11H,1H3. The molecular formula is C20H13N5O2. The van der Waals surface area contributed by atoms with Gasteiger partial charge in [-0.2, -0.15) is 14.9 Å². The maximum atomic E-state index is 12.5. The van der Waals surface area contributed by atoms with Gasteiger partial charge in [-0.05, 0) is 12.1 Å². The Morgan fingerprint density at radius 2 is 1.67 bits per heavy atom. The minimum atomic E-state index is -0.663. The van der Waals surface area contributed by atoms with Gasteiger partial charge in [-0.1, -0.05) is 48.5 Å². The van der Waals surface area contributed by atoms with Gasteiger partial charge in [0.1, 0.15) is 11.6 Å². The van der Waals surface area contributed by atoms with Crippen LogP contribution in [0.15, 0.2) is 65.5 Å². The number of carbonyl (C=O) groups excluding carboxylic acids is 1. The van der Waals surface area contributed by atoms with Gasteiger partial charge < -0.3 is 0 Å². The quantitative estimate of drug-likeness (QED) is 0.527. The van der Waals surface area contributed by atoms with E-state index in [0.29, 0.717) is 16.9 Å². The zero-order valence-corrected chi connectivity index (χ0v) is 14.3. The van der Waals surface area contributed by atoms with Gasteiger partial charge in [-0.3, -0.25) is 14.0 Å². The molecule has 0 bridgehead atoms. The van der Waals surface area contributed by atoms with Crippen molar-refractivity contribution in [3.05, 3.63) is 82.4 Å². The summed E-state index contributed by atoms with van der Waals surface area (Å²) >= 11 is 0. The van der Waals surface area contributed by atoms with Gasteiger partial charge in [-0.25, -0.2) is 0 Å². The van der Waals surface area contributed by atoms with Crippen LogP contribution < -0.4 is 5.56 Å². The third-order valence-electron chi connectivity index (χ3n) is 4.15. The molecule has 4 rings (SSSR count). The fraction of sp³-hybridized carbons (Fsp3) is 0.0500. The van der Waals surface area contributed by atoms with E-state index in [4.69, 9.17) is 0 Å². The van der Waals surface area contributed by atoms with Crippen LogP contribution in [0.4, 0.5) is 0 Å². The summed E-state index contributed by atoms with van der Waals surface area (Å²) in [6.45, 7) is 1.38. The van der Waals surface area contributed by atoms with Crippen LogP contribution in [0.5, 0.6) is 0 Å². The minimum absolute atomic E-state index is 0.0942. The molecule has 0 spiro atoms. The zero-order chi connectivity index (χ0) is 19.0. The summed E-state index contributed by atoms with van der Waals surface area (Å²) in [6.07, 6.45) is 0. The van der Waals surface area contributed by atoms with E-state index in [-0.39, 0.29) is 22.9 Å². The highest BCUT2D eigenvalue weighted by Gasteiger charge is 2.23. The Morgan fingerprint density at radius 1 is 1.04 bits per heavy atom. The van der Waals surface area contributed by atoms with Gasteiger partial charge in [0.2, 0.25) is 11.6 Å². The SMILES string of the molecule is CC(=O)c1nn(-c2ccccc2)c2nc(=O)c(C#N)c(-c3ccccc3)n12. The molecule has 0 amide bonds. The van der Waals surface area contributed by atoms with Gasteiger partial charge >= 0.3 is 0 Å². The molecule has 0 radical (unpaired) electrons. The Hall–Kier alpha value is -4.05. The Balaban J connectivity index is 2.22. The lowest BCUT2D eigenvalue weighted by molar-refractivity contribution is 0.100. The van der Waals surface area contributed by atoms with Crippen molar-refractivity contribution in [1.82, 2.24) is 19.2 Å². The highest BCUT2D eigenvalue weighted by molar-refractivity contribution is 5.92. The van der Waals surface area contributed by atoms with Crippen LogP contribution in [-0.2, 0) is 0 Å². The van der Waals surface area contributed by atoms with E-state index in [2.05, 4.69) is 10.1 Å². The first-order valence-electron chi connectivity index (χ1n) is 8.19. The molecule has 0 aliphatic carbocycles. The third kappa shape index (κ3) is 2.60. The molecule has 130 valence electrons. The molecule has 0 N–H and O–H groups in total. The topological polar surface area (TPSA) is 93.0 Å². The molecule has 2 aromatic carbocycles. The van der Waals surface area contributed by atoms with E-state index in [1.54, 1.807) is 36.4 Å². The number of aromatic nitrogens is 4. The van der Waals surface area contributed by atoms with Crippen molar-refractivity contribution in [3.8, 4) is 23.0 Å². The fourth-order valence-corrected chi connectivity index (χ4v) is 2.98. The predicted octanol–water partition coefficient (Wildman–Crippen LogP) is 2.62. The van der Waals surface area contributed by atoms with Crippen LogP contribution in [0, 0.1) is 11.3 Å². The van der Waals surface area contributed by atoms with E-state index < -0.39 is 5.56 Å². The Labute approximate surface area is 153 Å². The number of carbonyl (C=O) groups is 1. The first-order valence-corrected chi connectivity index (χ1v) is 8.19. The van der Waals surface area contributed by atoms with Crippen molar-refractivity contribution in [2.75, 3.05) is 0 Å². The van der Waals surface area contributed by atoms with E-state index in [0.717, 1.165) is 0 Å². The summed E-state index contributed by atoms with van der Waals surface area (Å²) in [7, 11) is 0.